The van der Waals surface area contributed by atoms with Crippen LogP contribution in [0, 0.1) is 6.92 Å². The Morgan fingerprint density at radius 2 is 2.21 bits per heavy atom. The molecule has 0 unspecified atom stereocenters. The predicted octanol–water partition coefficient (Wildman–Crippen LogP) is 3.73. The number of halogens is 1. The second kappa shape index (κ2) is 7.02. The number of aromatic nitrogens is 2. The molecule has 0 spiro atoms. The van der Waals surface area contributed by atoms with Crippen molar-refractivity contribution in [2.24, 2.45) is 0 Å². The van der Waals surface area contributed by atoms with Gasteiger partial charge in [0.1, 0.15) is 5.01 Å². The van der Waals surface area contributed by atoms with Crippen LogP contribution in [0.25, 0.3) is 0 Å². The van der Waals surface area contributed by atoms with Gasteiger partial charge in [0.15, 0.2) is 0 Å². The summed E-state index contributed by atoms with van der Waals surface area (Å²) in [6.45, 7) is 1.86. The van der Waals surface area contributed by atoms with E-state index in [4.69, 9.17) is 0 Å². The van der Waals surface area contributed by atoms with Crippen LogP contribution in [-0.2, 0) is 4.79 Å². The first-order chi connectivity index (χ1) is 9.15. The zero-order valence-corrected chi connectivity index (χ0v) is 13.4. The summed E-state index contributed by atoms with van der Waals surface area (Å²) in [6.07, 6.45) is 0.449. The maximum Gasteiger partial charge on any atom is 0.227 e. The SMILES string of the molecule is Cc1nnc(NC(=O)CCSc2ccccc2Br)s1. The van der Waals surface area contributed by atoms with Gasteiger partial charge in [0.25, 0.3) is 0 Å². The fourth-order valence-corrected chi connectivity index (χ4v) is 3.47. The number of nitrogens with one attached hydrogen (secondary N) is 1. The molecule has 0 aliphatic carbocycles. The molecule has 2 aromatic rings. The van der Waals surface area contributed by atoms with Gasteiger partial charge in [-0.05, 0) is 35.0 Å². The van der Waals surface area contributed by atoms with Gasteiger partial charge in [0.2, 0.25) is 11.0 Å². The van der Waals surface area contributed by atoms with E-state index >= 15 is 0 Å². The number of nitrogens with zero attached hydrogens (tertiary/aromatic N) is 2. The van der Waals surface area contributed by atoms with Crippen LogP contribution in [0.2, 0.25) is 0 Å². The molecule has 1 heterocycles. The number of amides is 1. The van der Waals surface area contributed by atoms with Crippen molar-refractivity contribution >= 4 is 50.1 Å². The minimum atomic E-state index is -0.0318. The average molecular weight is 358 g/mol. The molecular weight excluding hydrogens is 346 g/mol. The molecule has 0 aliphatic rings. The summed E-state index contributed by atoms with van der Waals surface area (Å²) in [5.41, 5.74) is 0. The Labute approximate surface area is 128 Å². The van der Waals surface area contributed by atoms with E-state index in [1.54, 1.807) is 11.8 Å². The molecule has 0 radical (unpaired) electrons. The number of hydrogen-bond donors (Lipinski definition) is 1. The average Bonchev–Trinajstić information content (AvgIpc) is 2.77. The highest BCUT2D eigenvalue weighted by Crippen LogP contribution is 2.27. The molecule has 1 aromatic carbocycles. The highest BCUT2D eigenvalue weighted by Gasteiger charge is 2.07. The van der Waals surface area contributed by atoms with Crippen LogP contribution in [0.5, 0.6) is 0 Å². The molecule has 1 aromatic heterocycles. The highest BCUT2D eigenvalue weighted by atomic mass is 79.9. The number of carbonyl (C=O) groups is 1. The lowest BCUT2D eigenvalue weighted by atomic mass is 10.4. The smallest absolute Gasteiger partial charge is 0.227 e. The second-order valence-corrected chi connectivity index (χ2v) is 6.88. The molecule has 4 nitrogen and oxygen atoms in total. The molecule has 0 bridgehead atoms. The quantitative estimate of drug-likeness (QED) is 0.828. The van der Waals surface area contributed by atoms with Crippen LogP contribution < -0.4 is 5.32 Å². The van der Waals surface area contributed by atoms with Crippen LogP contribution >= 0.6 is 39.0 Å². The molecule has 0 fully saturated rings. The number of carbonyl (C=O) groups excluding carboxylic acids is 1. The number of anilines is 1. The molecule has 19 heavy (non-hydrogen) atoms. The summed E-state index contributed by atoms with van der Waals surface area (Å²) in [7, 11) is 0. The van der Waals surface area contributed by atoms with Crippen LogP contribution in [0.1, 0.15) is 11.4 Å². The molecule has 2 rings (SSSR count). The molecule has 0 aliphatic heterocycles. The lowest BCUT2D eigenvalue weighted by molar-refractivity contribution is -0.115. The van der Waals surface area contributed by atoms with Gasteiger partial charge >= 0.3 is 0 Å². The van der Waals surface area contributed by atoms with Crippen molar-refractivity contribution in [2.75, 3.05) is 11.1 Å². The number of hydrogen-bond acceptors (Lipinski definition) is 5. The van der Waals surface area contributed by atoms with Crippen molar-refractivity contribution in [3.63, 3.8) is 0 Å². The van der Waals surface area contributed by atoms with E-state index in [-0.39, 0.29) is 5.91 Å². The Morgan fingerprint density at radius 1 is 1.42 bits per heavy atom. The van der Waals surface area contributed by atoms with E-state index in [0.29, 0.717) is 11.6 Å². The van der Waals surface area contributed by atoms with E-state index < -0.39 is 0 Å². The summed E-state index contributed by atoms with van der Waals surface area (Å²) in [5.74, 6) is 0.697. The van der Waals surface area contributed by atoms with Crippen molar-refractivity contribution in [2.45, 2.75) is 18.2 Å². The standard InChI is InChI=1S/C12H12BrN3OS2/c1-8-15-16-12(19-8)14-11(17)6-7-18-10-5-3-2-4-9(10)13/h2-5H,6-7H2,1H3,(H,14,16,17). The van der Waals surface area contributed by atoms with Crippen molar-refractivity contribution < 1.29 is 4.79 Å². The Kier molecular flexibility index (Phi) is 5.35. The zero-order chi connectivity index (χ0) is 13.7. The fourth-order valence-electron chi connectivity index (χ4n) is 1.34. The molecule has 0 saturated carbocycles. The van der Waals surface area contributed by atoms with Crippen LogP contribution in [-0.4, -0.2) is 21.9 Å². The monoisotopic (exact) mass is 357 g/mol. The van der Waals surface area contributed by atoms with Crippen molar-refractivity contribution in [3.05, 3.63) is 33.7 Å². The van der Waals surface area contributed by atoms with Gasteiger partial charge in [-0.1, -0.05) is 23.5 Å². The number of thioether (sulfide) groups is 1. The van der Waals surface area contributed by atoms with Gasteiger partial charge < -0.3 is 5.32 Å². The van der Waals surface area contributed by atoms with Gasteiger partial charge in [-0.2, -0.15) is 0 Å². The molecule has 100 valence electrons. The molecule has 0 saturated heterocycles. The summed E-state index contributed by atoms with van der Waals surface area (Å²) in [4.78, 5) is 12.8. The first kappa shape index (κ1) is 14.5. The Balaban J connectivity index is 1.77. The van der Waals surface area contributed by atoms with Gasteiger partial charge in [-0.25, -0.2) is 0 Å². The largest absolute Gasteiger partial charge is 0.301 e. The summed E-state index contributed by atoms with van der Waals surface area (Å²) in [5, 5.41) is 11.9. The first-order valence-electron chi connectivity index (χ1n) is 5.62. The van der Waals surface area contributed by atoms with Crippen LogP contribution in [0.4, 0.5) is 5.13 Å². The Bertz CT molecular complexity index is 574. The molecular formula is C12H12BrN3OS2. The third kappa shape index (κ3) is 4.59. The van der Waals surface area contributed by atoms with E-state index in [2.05, 4.69) is 31.4 Å². The zero-order valence-electron chi connectivity index (χ0n) is 10.2. The van der Waals surface area contributed by atoms with Gasteiger partial charge in [-0.15, -0.1) is 22.0 Å². The molecule has 0 atom stereocenters. The predicted molar refractivity (Wildman–Crippen MR) is 82.8 cm³/mol. The second-order valence-electron chi connectivity index (χ2n) is 3.70. The third-order valence-electron chi connectivity index (χ3n) is 2.20. The summed E-state index contributed by atoms with van der Waals surface area (Å²) in [6, 6.07) is 7.98. The Hall–Kier alpha value is -0.920. The minimum Gasteiger partial charge on any atom is -0.301 e. The molecule has 7 heteroatoms. The number of rotatable bonds is 5. The first-order valence-corrected chi connectivity index (χ1v) is 8.22. The number of aryl methyl sites for hydroxylation is 1. The maximum absolute atomic E-state index is 11.7. The van der Waals surface area contributed by atoms with E-state index in [0.717, 1.165) is 20.1 Å². The van der Waals surface area contributed by atoms with Gasteiger partial charge in [0.05, 0.1) is 0 Å². The van der Waals surface area contributed by atoms with E-state index in [1.165, 1.54) is 11.3 Å². The normalized spacial score (nSPS) is 10.4. The Morgan fingerprint density at radius 3 is 2.89 bits per heavy atom. The van der Waals surface area contributed by atoms with Crippen molar-refractivity contribution in [3.8, 4) is 0 Å². The van der Waals surface area contributed by atoms with E-state index in [1.807, 2.05) is 31.2 Å². The maximum atomic E-state index is 11.7. The van der Waals surface area contributed by atoms with Crippen molar-refractivity contribution in [1.29, 1.82) is 0 Å². The van der Waals surface area contributed by atoms with Crippen molar-refractivity contribution in [1.82, 2.24) is 10.2 Å². The van der Waals surface area contributed by atoms with Crippen LogP contribution in [0.3, 0.4) is 0 Å². The highest BCUT2D eigenvalue weighted by molar-refractivity contribution is 9.10. The van der Waals surface area contributed by atoms with Gasteiger partial charge in [0, 0.05) is 21.5 Å². The lowest BCUT2D eigenvalue weighted by Gasteiger charge is -2.03. The topological polar surface area (TPSA) is 54.9 Å². The molecule has 1 N–H and O–H groups in total. The lowest BCUT2D eigenvalue weighted by Crippen LogP contribution is -2.11. The van der Waals surface area contributed by atoms with Gasteiger partial charge in [-0.3, -0.25) is 4.79 Å². The minimum absolute atomic E-state index is 0.0318. The van der Waals surface area contributed by atoms with E-state index in [9.17, 15) is 4.79 Å². The third-order valence-corrected chi connectivity index (χ3v) is 4.98. The number of benzene rings is 1. The summed E-state index contributed by atoms with van der Waals surface area (Å²) < 4.78 is 1.06. The summed E-state index contributed by atoms with van der Waals surface area (Å²) >= 11 is 6.51. The molecule has 1 amide bonds. The fraction of sp³-hybridized carbons (Fsp3) is 0.250. The van der Waals surface area contributed by atoms with Crippen LogP contribution in [0.15, 0.2) is 33.6 Å².